The maximum atomic E-state index is 2.29. The van der Waals surface area contributed by atoms with Crippen LogP contribution in [0.15, 0.2) is 60.7 Å². The molecule has 162 valence electrons. The molecule has 0 bridgehead atoms. The molecule has 0 saturated heterocycles. The van der Waals surface area contributed by atoms with Gasteiger partial charge >= 0.3 is 0 Å². The number of hydrogen-bond donors (Lipinski definition) is 1. The molecule has 0 aliphatic carbocycles. The predicted octanol–water partition coefficient (Wildman–Crippen LogP) is 3.19. The van der Waals surface area contributed by atoms with Crippen molar-refractivity contribution >= 4 is 0 Å². The van der Waals surface area contributed by atoms with Crippen molar-refractivity contribution in [1.29, 1.82) is 0 Å². The Kier molecular flexibility index (Phi) is 15.8. The van der Waals surface area contributed by atoms with Gasteiger partial charge in [-0.2, -0.15) is 0 Å². The molecule has 1 nitrogen and oxygen atoms in total. The number of quaternary nitrogens is 1. The topological polar surface area (TPSA) is 16.6 Å². The first kappa shape index (κ1) is 25.9. The Morgan fingerprint density at radius 3 is 1.45 bits per heavy atom. The molecule has 0 amide bonds. The minimum absolute atomic E-state index is 0. The molecule has 2 N–H and O–H groups in total. The van der Waals surface area contributed by atoms with E-state index in [0.29, 0.717) is 0 Å². The van der Waals surface area contributed by atoms with Crippen LogP contribution in [0.25, 0.3) is 0 Å². The third kappa shape index (κ3) is 12.9. The fraction of sp³-hybridized carbons (Fsp3) is 0.556. The second kappa shape index (κ2) is 17.7. The molecule has 0 fully saturated rings. The Hall–Kier alpha value is -1.12. The normalized spacial score (nSPS) is 10.8. The molecule has 0 atom stereocenters. The molecule has 0 heterocycles. The van der Waals surface area contributed by atoms with Crippen molar-refractivity contribution in [2.24, 2.45) is 5.92 Å². The lowest BCUT2D eigenvalue weighted by Crippen LogP contribution is -3.00. The van der Waals surface area contributed by atoms with Gasteiger partial charge in [-0.15, -0.1) is 0 Å². The molecular formula is C27H42BrN. The van der Waals surface area contributed by atoms with E-state index in [-0.39, 0.29) is 17.0 Å². The van der Waals surface area contributed by atoms with E-state index in [9.17, 15) is 0 Å². The van der Waals surface area contributed by atoms with E-state index in [2.05, 4.69) is 73.0 Å². The molecule has 29 heavy (non-hydrogen) atoms. The Balaban J connectivity index is 0.00000420. The van der Waals surface area contributed by atoms with Gasteiger partial charge in [-0.3, -0.25) is 0 Å². The van der Waals surface area contributed by atoms with Crippen LogP contribution < -0.4 is 22.3 Å². The fourth-order valence-corrected chi connectivity index (χ4v) is 4.19. The minimum Gasteiger partial charge on any atom is -1.00 e. The summed E-state index contributed by atoms with van der Waals surface area (Å²) in [6.07, 6.45) is 16.6. The van der Waals surface area contributed by atoms with Crippen LogP contribution in [0.5, 0.6) is 0 Å². The van der Waals surface area contributed by atoms with E-state index in [0.717, 1.165) is 5.92 Å². The second-order valence-corrected chi connectivity index (χ2v) is 8.41. The van der Waals surface area contributed by atoms with Crippen LogP contribution in [0.3, 0.4) is 0 Å². The molecule has 2 heteroatoms. The maximum Gasteiger partial charge on any atom is 0.0753 e. The summed E-state index contributed by atoms with van der Waals surface area (Å²) >= 11 is 0. The smallest absolute Gasteiger partial charge is 0.0753 e. The van der Waals surface area contributed by atoms with Gasteiger partial charge in [-0.05, 0) is 49.1 Å². The highest BCUT2D eigenvalue weighted by Crippen LogP contribution is 2.21. The molecule has 0 radical (unpaired) electrons. The standard InChI is InChI=1S/C27H41N.BrH/c1-28-22-16-8-6-4-2-3-5-7-11-21-27(23-25-17-12-9-13-18-25)24-26-19-14-10-15-20-26;/h9-10,12-15,17-20,27-28H,2-8,11,16,21-24H2,1H3;1H. The Bertz CT molecular complexity index is 543. The first-order chi connectivity index (χ1) is 13.9. The van der Waals surface area contributed by atoms with Gasteiger partial charge in [-0.1, -0.05) is 106 Å². The molecule has 2 aromatic carbocycles. The van der Waals surface area contributed by atoms with Gasteiger partial charge in [0.05, 0.1) is 13.6 Å². The molecule has 2 rings (SSSR count). The van der Waals surface area contributed by atoms with Crippen molar-refractivity contribution in [2.45, 2.75) is 77.0 Å². The lowest BCUT2D eigenvalue weighted by Gasteiger charge is -2.17. The summed E-state index contributed by atoms with van der Waals surface area (Å²) in [5.41, 5.74) is 2.98. The summed E-state index contributed by atoms with van der Waals surface area (Å²) in [6, 6.07) is 22.1. The highest BCUT2D eigenvalue weighted by atomic mass is 79.9. The van der Waals surface area contributed by atoms with Crippen molar-refractivity contribution in [3.63, 3.8) is 0 Å². The zero-order chi connectivity index (χ0) is 19.7. The Morgan fingerprint density at radius 2 is 1.00 bits per heavy atom. The van der Waals surface area contributed by atoms with Crippen LogP contribution in [0.4, 0.5) is 0 Å². The van der Waals surface area contributed by atoms with Gasteiger partial charge in [0, 0.05) is 0 Å². The summed E-state index contributed by atoms with van der Waals surface area (Å²) in [6.45, 7) is 1.30. The van der Waals surface area contributed by atoms with Crippen LogP contribution in [-0.2, 0) is 12.8 Å². The van der Waals surface area contributed by atoms with Crippen LogP contribution >= 0.6 is 0 Å². The van der Waals surface area contributed by atoms with Crippen molar-refractivity contribution in [2.75, 3.05) is 13.6 Å². The van der Waals surface area contributed by atoms with Gasteiger partial charge in [-0.25, -0.2) is 0 Å². The average Bonchev–Trinajstić information content (AvgIpc) is 2.73. The third-order valence-corrected chi connectivity index (χ3v) is 5.84. The summed E-state index contributed by atoms with van der Waals surface area (Å²) in [4.78, 5) is 0. The molecular weight excluding hydrogens is 418 g/mol. The first-order valence-corrected chi connectivity index (χ1v) is 11.7. The molecule has 0 aliphatic heterocycles. The van der Waals surface area contributed by atoms with Crippen LogP contribution in [0, 0.1) is 5.92 Å². The van der Waals surface area contributed by atoms with Gasteiger partial charge in [0.2, 0.25) is 0 Å². The van der Waals surface area contributed by atoms with Gasteiger partial charge in [0.15, 0.2) is 0 Å². The lowest BCUT2D eigenvalue weighted by molar-refractivity contribution is -0.627. The van der Waals surface area contributed by atoms with Crippen molar-refractivity contribution in [3.05, 3.63) is 71.8 Å². The van der Waals surface area contributed by atoms with Gasteiger partial charge in [0.25, 0.3) is 0 Å². The number of rotatable bonds is 16. The van der Waals surface area contributed by atoms with Gasteiger partial charge in [0.1, 0.15) is 0 Å². The van der Waals surface area contributed by atoms with Crippen LogP contribution in [-0.4, -0.2) is 13.6 Å². The zero-order valence-electron chi connectivity index (χ0n) is 18.5. The average molecular weight is 461 g/mol. The van der Waals surface area contributed by atoms with Crippen LogP contribution in [0.2, 0.25) is 0 Å². The van der Waals surface area contributed by atoms with E-state index < -0.39 is 0 Å². The van der Waals surface area contributed by atoms with E-state index >= 15 is 0 Å². The van der Waals surface area contributed by atoms with Crippen molar-refractivity contribution in [3.8, 4) is 0 Å². The summed E-state index contributed by atoms with van der Waals surface area (Å²) in [7, 11) is 2.17. The molecule has 0 aromatic heterocycles. The van der Waals surface area contributed by atoms with Crippen molar-refractivity contribution in [1.82, 2.24) is 0 Å². The summed E-state index contributed by atoms with van der Waals surface area (Å²) in [5, 5.41) is 2.29. The van der Waals surface area contributed by atoms with E-state index in [1.54, 1.807) is 0 Å². The first-order valence-electron chi connectivity index (χ1n) is 11.7. The largest absolute Gasteiger partial charge is 1.00 e. The highest BCUT2D eigenvalue weighted by Gasteiger charge is 2.11. The number of unbranched alkanes of at least 4 members (excludes halogenated alkanes) is 8. The summed E-state index contributed by atoms with van der Waals surface area (Å²) in [5.74, 6) is 0.764. The quantitative estimate of drug-likeness (QED) is 0.371. The van der Waals surface area contributed by atoms with Crippen LogP contribution in [0.1, 0.15) is 75.3 Å². The van der Waals surface area contributed by atoms with E-state index in [1.807, 2.05) is 0 Å². The molecule has 2 aromatic rings. The maximum absolute atomic E-state index is 2.29. The highest BCUT2D eigenvalue weighted by molar-refractivity contribution is 5.18. The Morgan fingerprint density at radius 1 is 0.586 bits per heavy atom. The zero-order valence-corrected chi connectivity index (χ0v) is 20.1. The number of halogens is 1. The minimum atomic E-state index is 0. The molecule has 0 aliphatic rings. The third-order valence-electron chi connectivity index (χ3n) is 5.84. The Labute approximate surface area is 190 Å². The second-order valence-electron chi connectivity index (χ2n) is 8.41. The fourth-order valence-electron chi connectivity index (χ4n) is 4.19. The monoisotopic (exact) mass is 459 g/mol. The van der Waals surface area contributed by atoms with Crippen molar-refractivity contribution < 1.29 is 22.3 Å². The number of benzene rings is 2. The van der Waals surface area contributed by atoms with E-state index in [4.69, 9.17) is 0 Å². The SMILES string of the molecule is C[NH2+]CCCCCCCCCCCC(Cc1ccccc1)Cc1ccccc1.[Br-]. The lowest BCUT2D eigenvalue weighted by atomic mass is 9.88. The molecule has 0 saturated carbocycles. The van der Waals surface area contributed by atoms with E-state index in [1.165, 1.54) is 94.7 Å². The molecule has 0 unspecified atom stereocenters. The predicted molar refractivity (Wildman–Crippen MR) is 123 cm³/mol. The summed E-state index contributed by atoms with van der Waals surface area (Å²) < 4.78 is 0. The molecule has 0 spiro atoms. The van der Waals surface area contributed by atoms with Gasteiger partial charge < -0.3 is 22.3 Å². The number of hydrogen-bond acceptors (Lipinski definition) is 0. The number of nitrogens with two attached hydrogens (primary N) is 1.